The number of aliphatic hydroxyl groups excluding tert-OH is 1. The zero-order valence-corrected chi connectivity index (χ0v) is 12.4. The summed E-state index contributed by atoms with van der Waals surface area (Å²) in [6, 6.07) is 4.33. The molecule has 1 aromatic carbocycles. The number of hydrogen-bond acceptors (Lipinski definition) is 4. The van der Waals surface area contributed by atoms with E-state index in [4.69, 9.17) is 14.6 Å². The lowest BCUT2D eigenvalue weighted by Gasteiger charge is -2.18. The van der Waals surface area contributed by atoms with E-state index < -0.39 is 0 Å². The van der Waals surface area contributed by atoms with Crippen LogP contribution in [-0.4, -0.2) is 50.5 Å². The van der Waals surface area contributed by atoms with Crippen LogP contribution in [0.4, 0.5) is 0 Å². The first kappa shape index (κ1) is 16.0. The molecular weight excluding hydrogens is 242 g/mol. The molecule has 1 rings (SSSR count). The monoisotopic (exact) mass is 267 g/mol. The number of aryl methyl sites for hydroxylation is 2. The average Bonchev–Trinajstić information content (AvgIpc) is 2.34. The van der Waals surface area contributed by atoms with Crippen LogP contribution < -0.4 is 4.74 Å². The number of aliphatic hydroxyl groups is 1. The Bertz CT molecular complexity index is 370. The van der Waals surface area contributed by atoms with Crippen LogP contribution in [0.2, 0.25) is 0 Å². The minimum absolute atomic E-state index is 0.0839. The van der Waals surface area contributed by atoms with Crippen molar-refractivity contribution in [2.45, 2.75) is 20.4 Å². The van der Waals surface area contributed by atoms with Crippen molar-refractivity contribution in [3.05, 3.63) is 28.8 Å². The zero-order chi connectivity index (χ0) is 14.3. The quantitative estimate of drug-likeness (QED) is 0.729. The zero-order valence-electron chi connectivity index (χ0n) is 12.4. The number of benzene rings is 1. The van der Waals surface area contributed by atoms with Gasteiger partial charge in [-0.3, -0.25) is 4.90 Å². The van der Waals surface area contributed by atoms with Gasteiger partial charge in [-0.2, -0.15) is 0 Å². The fraction of sp³-hybridized carbons (Fsp3) is 0.600. The summed E-state index contributed by atoms with van der Waals surface area (Å²) in [5.74, 6) is 0.970. The molecule has 19 heavy (non-hydrogen) atoms. The molecule has 0 aliphatic heterocycles. The molecule has 0 unspecified atom stereocenters. The van der Waals surface area contributed by atoms with E-state index in [9.17, 15) is 0 Å². The van der Waals surface area contributed by atoms with Crippen LogP contribution >= 0.6 is 0 Å². The number of nitrogens with zero attached hydrogens (tertiary/aromatic N) is 1. The fourth-order valence-corrected chi connectivity index (χ4v) is 2.23. The summed E-state index contributed by atoms with van der Waals surface area (Å²) >= 11 is 0. The van der Waals surface area contributed by atoms with Crippen LogP contribution in [0.3, 0.4) is 0 Å². The normalized spacial score (nSPS) is 11.1. The van der Waals surface area contributed by atoms with Crippen molar-refractivity contribution in [3.63, 3.8) is 0 Å². The third kappa shape index (κ3) is 5.19. The molecule has 0 saturated heterocycles. The summed E-state index contributed by atoms with van der Waals surface area (Å²) in [6.07, 6.45) is 0. The lowest BCUT2D eigenvalue weighted by Crippen LogP contribution is -2.23. The van der Waals surface area contributed by atoms with Crippen molar-refractivity contribution in [2.75, 3.05) is 40.5 Å². The van der Waals surface area contributed by atoms with Crippen LogP contribution in [0.25, 0.3) is 0 Å². The van der Waals surface area contributed by atoms with Gasteiger partial charge >= 0.3 is 0 Å². The Hall–Kier alpha value is -1.10. The van der Waals surface area contributed by atoms with E-state index in [1.807, 2.05) is 0 Å². The van der Waals surface area contributed by atoms with Crippen molar-refractivity contribution in [2.24, 2.45) is 0 Å². The Labute approximate surface area is 115 Å². The molecule has 0 aliphatic rings. The van der Waals surface area contributed by atoms with Gasteiger partial charge in [0.1, 0.15) is 5.75 Å². The van der Waals surface area contributed by atoms with E-state index >= 15 is 0 Å². The van der Waals surface area contributed by atoms with E-state index in [-0.39, 0.29) is 6.61 Å². The Morgan fingerprint density at radius 1 is 1.16 bits per heavy atom. The predicted molar refractivity (Wildman–Crippen MR) is 76.7 cm³/mol. The van der Waals surface area contributed by atoms with Gasteiger partial charge in [0.15, 0.2) is 0 Å². The van der Waals surface area contributed by atoms with E-state index in [0.717, 1.165) is 18.8 Å². The van der Waals surface area contributed by atoms with Crippen LogP contribution in [0.5, 0.6) is 5.75 Å². The summed E-state index contributed by atoms with van der Waals surface area (Å²) in [7, 11) is 3.77. The Kier molecular flexibility index (Phi) is 6.84. The van der Waals surface area contributed by atoms with Gasteiger partial charge in [0.25, 0.3) is 0 Å². The summed E-state index contributed by atoms with van der Waals surface area (Å²) in [5, 5.41) is 8.63. The molecule has 0 amide bonds. The van der Waals surface area contributed by atoms with Gasteiger partial charge in [-0.05, 0) is 37.6 Å². The second kappa shape index (κ2) is 8.15. The van der Waals surface area contributed by atoms with Gasteiger partial charge in [-0.1, -0.05) is 12.1 Å². The molecule has 0 radical (unpaired) electrons. The molecule has 0 saturated carbocycles. The molecule has 0 fully saturated rings. The number of ether oxygens (including phenoxy) is 2. The summed E-state index contributed by atoms with van der Waals surface area (Å²) in [4.78, 5) is 2.21. The highest BCUT2D eigenvalue weighted by molar-refractivity contribution is 5.43. The van der Waals surface area contributed by atoms with Crippen LogP contribution in [0.1, 0.15) is 16.7 Å². The Morgan fingerprint density at radius 2 is 1.79 bits per heavy atom. The maximum Gasteiger partial charge on any atom is 0.124 e. The molecule has 0 aliphatic carbocycles. The van der Waals surface area contributed by atoms with Gasteiger partial charge in [0, 0.05) is 13.1 Å². The minimum atomic E-state index is 0.0839. The molecule has 0 atom stereocenters. The molecule has 108 valence electrons. The van der Waals surface area contributed by atoms with E-state index in [1.54, 1.807) is 7.11 Å². The van der Waals surface area contributed by atoms with Gasteiger partial charge in [0.05, 0.1) is 26.9 Å². The minimum Gasteiger partial charge on any atom is -0.496 e. The summed E-state index contributed by atoms with van der Waals surface area (Å²) in [5.41, 5.74) is 3.62. The first-order valence-electron chi connectivity index (χ1n) is 6.59. The second-order valence-corrected chi connectivity index (χ2v) is 4.84. The number of rotatable bonds is 8. The Morgan fingerprint density at radius 3 is 2.32 bits per heavy atom. The smallest absolute Gasteiger partial charge is 0.124 e. The molecule has 4 nitrogen and oxygen atoms in total. The standard InChI is InChI=1S/C15H25NO3/c1-12-9-14(10-13(2)15(12)18-4)11-16(3)5-7-19-8-6-17/h9-10,17H,5-8,11H2,1-4H3. The van der Waals surface area contributed by atoms with Crippen molar-refractivity contribution in [1.82, 2.24) is 4.90 Å². The van der Waals surface area contributed by atoms with Gasteiger partial charge < -0.3 is 14.6 Å². The highest BCUT2D eigenvalue weighted by atomic mass is 16.5. The van der Waals surface area contributed by atoms with Crippen LogP contribution in [-0.2, 0) is 11.3 Å². The molecular formula is C15H25NO3. The largest absolute Gasteiger partial charge is 0.496 e. The molecule has 0 bridgehead atoms. The van der Waals surface area contributed by atoms with Crippen LogP contribution in [0, 0.1) is 13.8 Å². The van der Waals surface area contributed by atoms with Gasteiger partial charge in [-0.15, -0.1) is 0 Å². The number of hydrogen-bond donors (Lipinski definition) is 1. The van der Waals surface area contributed by atoms with Crippen molar-refractivity contribution >= 4 is 0 Å². The molecule has 1 aromatic rings. The number of methoxy groups -OCH3 is 1. The van der Waals surface area contributed by atoms with Crippen molar-refractivity contribution < 1.29 is 14.6 Å². The Balaban J connectivity index is 2.52. The van der Waals surface area contributed by atoms with Gasteiger partial charge in [0.2, 0.25) is 0 Å². The highest BCUT2D eigenvalue weighted by Crippen LogP contribution is 2.24. The van der Waals surface area contributed by atoms with Crippen molar-refractivity contribution in [3.8, 4) is 5.75 Å². The fourth-order valence-electron chi connectivity index (χ4n) is 2.23. The van der Waals surface area contributed by atoms with E-state index in [2.05, 4.69) is 37.9 Å². The highest BCUT2D eigenvalue weighted by Gasteiger charge is 2.07. The van der Waals surface area contributed by atoms with Crippen molar-refractivity contribution in [1.29, 1.82) is 0 Å². The second-order valence-electron chi connectivity index (χ2n) is 4.84. The molecule has 0 spiro atoms. The predicted octanol–water partition coefficient (Wildman–Crippen LogP) is 1.75. The third-order valence-electron chi connectivity index (χ3n) is 3.03. The summed E-state index contributed by atoms with van der Waals surface area (Å²) in [6.45, 7) is 7.01. The summed E-state index contributed by atoms with van der Waals surface area (Å²) < 4.78 is 10.6. The maximum atomic E-state index is 8.63. The molecule has 0 aromatic heterocycles. The first-order chi connectivity index (χ1) is 9.08. The van der Waals surface area contributed by atoms with E-state index in [1.165, 1.54) is 16.7 Å². The number of likely N-dealkylation sites (N-methyl/N-ethyl adjacent to an activating group) is 1. The SMILES string of the molecule is COc1c(C)cc(CN(C)CCOCCO)cc1C. The lowest BCUT2D eigenvalue weighted by atomic mass is 10.1. The van der Waals surface area contributed by atoms with E-state index in [0.29, 0.717) is 13.2 Å². The third-order valence-corrected chi connectivity index (χ3v) is 3.03. The topological polar surface area (TPSA) is 41.9 Å². The maximum absolute atomic E-state index is 8.63. The van der Waals surface area contributed by atoms with Crippen LogP contribution in [0.15, 0.2) is 12.1 Å². The molecule has 0 heterocycles. The molecule has 1 N–H and O–H groups in total. The lowest BCUT2D eigenvalue weighted by molar-refractivity contribution is 0.0773. The van der Waals surface area contributed by atoms with Gasteiger partial charge in [-0.25, -0.2) is 0 Å². The molecule has 4 heteroatoms. The average molecular weight is 267 g/mol. The first-order valence-corrected chi connectivity index (χ1v) is 6.59.